The highest BCUT2D eigenvalue weighted by Crippen LogP contribution is 2.11. The fourth-order valence-corrected chi connectivity index (χ4v) is 1.75. The minimum absolute atomic E-state index is 0.0195. The molecule has 0 aliphatic carbocycles. The number of furan rings is 1. The van der Waals surface area contributed by atoms with Gasteiger partial charge in [-0.05, 0) is 25.0 Å². The Morgan fingerprint density at radius 3 is 3.06 bits per heavy atom. The van der Waals surface area contributed by atoms with Gasteiger partial charge in [0.1, 0.15) is 5.76 Å². The van der Waals surface area contributed by atoms with Gasteiger partial charge < -0.3 is 19.6 Å². The van der Waals surface area contributed by atoms with Gasteiger partial charge in [0.2, 0.25) is 5.76 Å². The van der Waals surface area contributed by atoms with Crippen molar-refractivity contribution in [2.45, 2.75) is 25.5 Å². The summed E-state index contributed by atoms with van der Waals surface area (Å²) in [6, 6.07) is 3.14. The second kappa shape index (κ2) is 5.14. The summed E-state index contributed by atoms with van der Waals surface area (Å²) in [7, 11) is 0. The maximum absolute atomic E-state index is 10.6. The van der Waals surface area contributed by atoms with Crippen LogP contribution in [-0.4, -0.2) is 30.3 Å². The first-order chi connectivity index (χ1) is 7.75. The first kappa shape index (κ1) is 11.2. The number of ether oxygens (including phenoxy) is 1. The predicted octanol–water partition coefficient (Wildman–Crippen LogP) is 1.25. The van der Waals surface area contributed by atoms with E-state index in [9.17, 15) is 4.79 Å². The lowest BCUT2D eigenvalue weighted by Gasteiger charge is -2.09. The Bertz CT molecular complexity index is 355. The van der Waals surface area contributed by atoms with Crippen molar-refractivity contribution in [3.63, 3.8) is 0 Å². The fourth-order valence-electron chi connectivity index (χ4n) is 1.75. The molecule has 1 atom stereocenters. The number of carboxylic acid groups (broad SMARTS) is 1. The molecule has 0 radical (unpaired) electrons. The molecule has 1 aliphatic heterocycles. The molecule has 88 valence electrons. The van der Waals surface area contributed by atoms with Crippen molar-refractivity contribution in [3.05, 3.63) is 23.7 Å². The molecule has 0 amide bonds. The Hall–Kier alpha value is -1.33. The molecule has 5 nitrogen and oxygen atoms in total. The van der Waals surface area contributed by atoms with Gasteiger partial charge in [0.25, 0.3) is 0 Å². The molecular formula is C11H15NO4. The maximum atomic E-state index is 10.6. The average Bonchev–Trinajstić information content (AvgIpc) is 2.87. The largest absolute Gasteiger partial charge is 0.475 e. The Morgan fingerprint density at radius 2 is 2.44 bits per heavy atom. The molecule has 0 saturated carbocycles. The van der Waals surface area contributed by atoms with Crippen LogP contribution in [0.1, 0.15) is 29.2 Å². The Morgan fingerprint density at radius 1 is 1.56 bits per heavy atom. The molecule has 5 heteroatoms. The third-order valence-electron chi connectivity index (χ3n) is 2.57. The highest BCUT2D eigenvalue weighted by molar-refractivity contribution is 5.84. The fraction of sp³-hybridized carbons (Fsp3) is 0.545. The first-order valence-electron chi connectivity index (χ1n) is 5.40. The summed E-state index contributed by atoms with van der Waals surface area (Å²) in [5, 5.41) is 11.8. The van der Waals surface area contributed by atoms with E-state index in [-0.39, 0.29) is 11.9 Å². The van der Waals surface area contributed by atoms with Gasteiger partial charge >= 0.3 is 5.97 Å². The number of hydrogen-bond acceptors (Lipinski definition) is 4. The van der Waals surface area contributed by atoms with E-state index < -0.39 is 5.97 Å². The molecule has 0 spiro atoms. The van der Waals surface area contributed by atoms with Gasteiger partial charge in [0.05, 0.1) is 12.6 Å². The van der Waals surface area contributed by atoms with Gasteiger partial charge in [-0.3, -0.25) is 0 Å². The van der Waals surface area contributed by atoms with E-state index in [0.29, 0.717) is 12.3 Å². The number of nitrogens with one attached hydrogen (secondary N) is 1. The molecule has 16 heavy (non-hydrogen) atoms. The van der Waals surface area contributed by atoms with E-state index in [4.69, 9.17) is 14.3 Å². The highest BCUT2D eigenvalue weighted by Gasteiger charge is 2.15. The molecule has 1 aromatic heterocycles. The third kappa shape index (κ3) is 2.84. The number of carboxylic acids is 1. The van der Waals surface area contributed by atoms with Crippen LogP contribution in [0.25, 0.3) is 0 Å². The number of hydrogen-bond donors (Lipinski definition) is 2. The second-order valence-corrected chi connectivity index (χ2v) is 3.84. The molecule has 0 bridgehead atoms. The van der Waals surface area contributed by atoms with E-state index in [1.807, 2.05) is 0 Å². The molecule has 1 fully saturated rings. The van der Waals surface area contributed by atoms with Crippen molar-refractivity contribution >= 4 is 5.97 Å². The van der Waals surface area contributed by atoms with Gasteiger partial charge in [-0.1, -0.05) is 0 Å². The van der Waals surface area contributed by atoms with Crippen LogP contribution in [0.5, 0.6) is 0 Å². The predicted molar refractivity (Wildman–Crippen MR) is 56.3 cm³/mol. The standard InChI is InChI=1S/C11H15NO4/c13-11(14)10-4-3-9(16-10)7-12-6-8-2-1-5-15-8/h3-4,8,12H,1-2,5-7H2,(H,13,14). The molecule has 1 saturated heterocycles. The van der Waals surface area contributed by atoms with Gasteiger partial charge in [0.15, 0.2) is 0 Å². The van der Waals surface area contributed by atoms with Crippen molar-refractivity contribution in [1.82, 2.24) is 5.32 Å². The molecule has 1 aliphatic rings. The zero-order valence-electron chi connectivity index (χ0n) is 8.94. The minimum atomic E-state index is -1.04. The quantitative estimate of drug-likeness (QED) is 0.789. The molecule has 2 rings (SSSR count). The lowest BCUT2D eigenvalue weighted by Crippen LogP contribution is -2.25. The lowest BCUT2D eigenvalue weighted by atomic mass is 10.2. The highest BCUT2D eigenvalue weighted by atomic mass is 16.5. The summed E-state index contributed by atoms with van der Waals surface area (Å²) in [6.07, 6.45) is 2.50. The van der Waals surface area contributed by atoms with Gasteiger partial charge in [0, 0.05) is 13.2 Å². The van der Waals surface area contributed by atoms with Crippen LogP contribution in [0.4, 0.5) is 0 Å². The van der Waals surface area contributed by atoms with Crippen LogP contribution >= 0.6 is 0 Å². The van der Waals surface area contributed by atoms with Crippen LogP contribution in [0.3, 0.4) is 0 Å². The minimum Gasteiger partial charge on any atom is -0.475 e. The summed E-state index contributed by atoms with van der Waals surface area (Å²) in [5.41, 5.74) is 0. The van der Waals surface area contributed by atoms with Gasteiger partial charge in [-0.15, -0.1) is 0 Å². The summed E-state index contributed by atoms with van der Waals surface area (Å²) in [5.74, 6) is -0.422. The van der Waals surface area contributed by atoms with E-state index in [2.05, 4.69) is 5.32 Å². The zero-order chi connectivity index (χ0) is 11.4. The summed E-state index contributed by atoms with van der Waals surface area (Å²) in [4.78, 5) is 10.6. The van der Waals surface area contributed by atoms with E-state index >= 15 is 0 Å². The monoisotopic (exact) mass is 225 g/mol. The molecule has 1 aromatic rings. The van der Waals surface area contributed by atoms with Gasteiger partial charge in [-0.2, -0.15) is 0 Å². The van der Waals surface area contributed by atoms with E-state index in [0.717, 1.165) is 26.0 Å². The van der Waals surface area contributed by atoms with Crippen LogP contribution in [0, 0.1) is 0 Å². The summed E-state index contributed by atoms with van der Waals surface area (Å²) < 4.78 is 10.6. The van der Waals surface area contributed by atoms with E-state index in [1.54, 1.807) is 6.07 Å². The van der Waals surface area contributed by atoms with Crippen LogP contribution in [-0.2, 0) is 11.3 Å². The van der Waals surface area contributed by atoms with Gasteiger partial charge in [-0.25, -0.2) is 4.79 Å². The van der Waals surface area contributed by atoms with Crippen LogP contribution in [0.15, 0.2) is 16.5 Å². The Balaban J connectivity index is 1.74. The van der Waals surface area contributed by atoms with Crippen molar-refractivity contribution in [2.24, 2.45) is 0 Å². The maximum Gasteiger partial charge on any atom is 0.371 e. The normalized spacial score (nSPS) is 20.1. The zero-order valence-corrected chi connectivity index (χ0v) is 8.94. The number of rotatable bonds is 5. The molecule has 0 aromatic carbocycles. The molecule has 1 unspecified atom stereocenters. The summed E-state index contributed by atoms with van der Waals surface area (Å²) in [6.45, 7) is 2.16. The summed E-state index contributed by atoms with van der Waals surface area (Å²) >= 11 is 0. The first-order valence-corrected chi connectivity index (χ1v) is 5.40. The van der Waals surface area contributed by atoms with E-state index in [1.165, 1.54) is 6.07 Å². The SMILES string of the molecule is O=C(O)c1ccc(CNCC2CCCO2)o1. The third-order valence-corrected chi connectivity index (χ3v) is 2.57. The van der Waals surface area contributed by atoms with Crippen molar-refractivity contribution in [3.8, 4) is 0 Å². The molecular weight excluding hydrogens is 210 g/mol. The number of carbonyl (C=O) groups is 1. The van der Waals surface area contributed by atoms with Crippen LogP contribution < -0.4 is 5.32 Å². The topological polar surface area (TPSA) is 71.7 Å². The smallest absolute Gasteiger partial charge is 0.371 e. The van der Waals surface area contributed by atoms with Crippen molar-refractivity contribution < 1.29 is 19.1 Å². The lowest BCUT2D eigenvalue weighted by molar-refractivity contribution is 0.0659. The second-order valence-electron chi connectivity index (χ2n) is 3.84. The number of aromatic carboxylic acids is 1. The molecule has 2 heterocycles. The van der Waals surface area contributed by atoms with Crippen LogP contribution in [0.2, 0.25) is 0 Å². The van der Waals surface area contributed by atoms with Crippen molar-refractivity contribution in [1.29, 1.82) is 0 Å². The average molecular weight is 225 g/mol. The molecule has 2 N–H and O–H groups in total. The Kier molecular flexibility index (Phi) is 3.58. The van der Waals surface area contributed by atoms with Crippen molar-refractivity contribution in [2.75, 3.05) is 13.2 Å². The Labute approximate surface area is 93.4 Å².